The van der Waals surface area contributed by atoms with Crippen LogP contribution in [-0.4, -0.2) is 16.9 Å². The summed E-state index contributed by atoms with van der Waals surface area (Å²) in [5, 5.41) is 6.28. The van der Waals surface area contributed by atoms with Gasteiger partial charge in [-0.15, -0.1) is 23.2 Å². The van der Waals surface area contributed by atoms with E-state index < -0.39 is 4.33 Å². The number of carbonyl (C=O) groups is 1. The van der Waals surface area contributed by atoms with E-state index in [4.69, 9.17) is 46.4 Å². The number of rotatable bonds is 4. The fraction of sp³-hybridized carbons (Fsp3) is 0.417. The van der Waals surface area contributed by atoms with Gasteiger partial charge in [-0.3, -0.25) is 0 Å². The maximum atomic E-state index is 11.6. The van der Waals surface area contributed by atoms with Gasteiger partial charge in [-0.05, 0) is 37.0 Å². The Kier molecular flexibility index (Phi) is 4.72. The van der Waals surface area contributed by atoms with E-state index in [1.54, 1.807) is 18.2 Å². The van der Waals surface area contributed by atoms with Crippen LogP contribution in [0.1, 0.15) is 12.8 Å². The van der Waals surface area contributed by atoms with Crippen molar-refractivity contribution in [1.29, 1.82) is 0 Å². The zero-order chi connectivity index (χ0) is 14.0. The van der Waals surface area contributed by atoms with E-state index in [0.717, 1.165) is 12.8 Å². The molecule has 1 atom stereocenters. The van der Waals surface area contributed by atoms with Gasteiger partial charge in [-0.2, -0.15) is 0 Å². The lowest BCUT2D eigenvalue weighted by atomic mass is 10.3. The number of urea groups is 1. The van der Waals surface area contributed by atoms with Crippen molar-refractivity contribution in [2.45, 2.75) is 17.2 Å². The first kappa shape index (κ1) is 15.0. The van der Waals surface area contributed by atoms with E-state index in [9.17, 15) is 4.79 Å². The minimum absolute atomic E-state index is 0.259. The monoisotopic (exact) mass is 340 g/mol. The maximum Gasteiger partial charge on any atom is 0.319 e. The molecule has 104 valence electrons. The number of hydrogen-bond donors (Lipinski definition) is 2. The van der Waals surface area contributed by atoms with Gasteiger partial charge in [0.1, 0.15) is 4.33 Å². The second-order valence-electron chi connectivity index (χ2n) is 4.46. The van der Waals surface area contributed by atoms with Gasteiger partial charge in [0.05, 0.1) is 10.7 Å². The molecule has 0 heterocycles. The lowest BCUT2D eigenvalue weighted by molar-refractivity contribution is 0.252. The molecule has 0 aliphatic heterocycles. The third kappa shape index (κ3) is 4.32. The van der Waals surface area contributed by atoms with Crippen LogP contribution in [0, 0.1) is 5.92 Å². The fourth-order valence-electron chi connectivity index (χ4n) is 1.70. The van der Waals surface area contributed by atoms with E-state index in [2.05, 4.69) is 10.6 Å². The molecule has 2 N–H and O–H groups in total. The summed E-state index contributed by atoms with van der Waals surface area (Å²) in [6.07, 6.45) is 1.54. The molecular formula is C12H12Cl4N2O. The summed E-state index contributed by atoms with van der Waals surface area (Å²) in [7, 11) is 0. The lowest BCUT2D eigenvalue weighted by Gasteiger charge is -2.09. The zero-order valence-corrected chi connectivity index (χ0v) is 12.9. The maximum absolute atomic E-state index is 11.6. The van der Waals surface area contributed by atoms with Crippen LogP contribution >= 0.6 is 46.4 Å². The number of benzene rings is 1. The normalized spacial score (nSPS) is 19.9. The predicted octanol–water partition coefficient (Wildman–Crippen LogP) is 4.70. The Bertz CT molecular complexity index is 493. The van der Waals surface area contributed by atoms with Gasteiger partial charge < -0.3 is 10.6 Å². The first-order valence-corrected chi connectivity index (χ1v) is 7.27. The van der Waals surface area contributed by atoms with Crippen LogP contribution in [0.4, 0.5) is 10.5 Å². The average molecular weight is 342 g/mol. The smallest absolute Gasteiger partial charge is 0.319 e. The van der Waals surface area contributed by atoms with Crippen LogP contribution in [0.5, 0.6) is 0 Å². The number of anilines is 1. The van der Waals surface area contributed by atoms with Crippen molar-refractivity contribution >= 4 is 58.1 Å². The first-order chi connectivity index (χ1) is 8.88. The second-order valence-corrected chi connectivity index (χ2v) is 6.84. The molecule has 0 radical (unpaired) electrons. The largest absolute Gasteiger partial charge is 0.338 e. The molecule has 1 aromatic carbocycles. The molecule has 0 saturated heterocycles. The Morgan fingerprint density at radius 2 is 2.05 bits per heavy atom. The number of halogens is 4. The van der Waals surface area contributed by atoms with Crippen molar-refractivity contribution in [2.24, 2.45) is 5.92 Å². The van der Waals surface area contributed by atoms with Gasteiger partial charge >= 0.3 is 6.03 Å². The van der Waals surface area contributed by atoms with E-state index in [-0.39, 0.29) is 11.9 Å². The Morgan fingerprint density at radius 1 is 1.37 bits per heavy atom. The van der Waals surface area contributed by atoms with E-state index in [1.165, 1.54) is 0 Å². The highest BCUT2D eigenvalue weighted by molar-refractivity contribution is 6.50. The number of alkyl halides is 2. The van der Waals surface area contributed by atoms with Crippen LogP contribution < -0.4 is 10.6 Å². The molecular weight excluding hydrogens is 330 g/mol. The van der Waals surface area contributed by atoms with Crippen LogP contribution in [0.15, 0.2) is 18.2 Å². The Labute approximate surface area is 131 Å². The van der Waals surface area contributed by atoms with Gasteiger partial charge in [-0.1, -0.05) is 23.2 Å². The molecule has 1 saturated carbocycles. The number of carbonyl (C=O) groups excluding carboxylic acids is 1. The van der Waals surface area contributed by atoms with Crippen LogP contribution in [0.2, 0.25) is 10.0 Å². The van der Waals surface area contributed by atoms with Crippen molar-refractivity contribution in [3.63, 3.8) is 0 Å². The first-order valence-electron chi connectivity index (χ1n) is 5.76. The molecule has 1 fully saturated rings. The molecule has 1 aliphatic rings. The molecule has 0 aromatic heterocycles. The third-order valence-electron chi connectivity index (χ3n) is 2.91. The van der Waals surface area contributed by atoms with Crippen molar-refractivity contribution in [1.82, 2.24) is 5.32 Å². The van der Waals surface area contributed by atoms with Crippen molar-refractivity contribution in [3.05, 3.63) is 28.2 Å². The Hall–Kier alpha value is -0.350. The molecule has 0 unspecified atom stereocenters. The molecule has 0 bridgehead atoms. The van der Waals surface area contributed by atoms with Gasteiger partial charge in [-0.25, -0.2) is 4.79 Å². The van der Waals surface area contributed by atoms with Crippen molar-refractivity contribution in [3.8, 4) is 0 Å². The van der Waals surface area contributed by atoms with Gasteiger partial charge in [0.25, 0.3) is 0 Å². The number of hydrogen-bond acceptors (Lipinski definition) is 1. The minimum atomic E-state index is -0.600. The molecule has 3 nitrogen and oxygen atoms in total. The zero-order valence-electron chi connectivity index (χ0n) is 9.85. The molecule has 19 heavy (non-hydrogen) atoms. The molecule has 1 aliphatic carbocycles. The minimum Gasteiger partial charge on any atom is -0.338 e. The topological polar surface area (TPSA) is 41.1 Å². The highest BCUT2D eigenvalue weighted by atomic mass is 35.5. The van der Waals surface area contributed by atoms with Crippen LogP contribution in [-0.2, 0) is 0 Å². The Morgan fingerprint density at radius 3 is 2.63 bits per heavy atom. The van der Waals surface area contributed by atoms with E-state index in [0.29, 0.717) is 22.3 Å². The summed E-state index contributed by atoms with van der Waals surface area (Å²) >= 11 is 23.5. The summed E-state index contributed by atoms with van der Waals surface area (Å²) in [6, 6.07) is 4.55. The summed E-state index contributed by atoms with van der Waals surface area (Å²) < 4.78 is -0.600. The number of nitrogens with one attached hydrogen (secondary N) is 2. The van der Waals surface area contributed by atoms with Gasteiger partial charge in [0.2, 0.25) is 0 Å². The lowest BCUT2D eigenvalue weighted by Crippen LogP contribution is -2.30. The summed E-state index contributed by atoms with van der Waals surface area (Å²) in [4.78, 5) is 11.6. The van der Waals surface area contributed by atoms with E-state index >= 15 is 0 Å². The second kappa shape index (κ2) is 5.96. The SMILES string of the molecule is O=C(NCC[C@H]1CC1(Cl)Cl)Nc1ccc(Cl)cc1Cl. The molecule has 0 spiro atoms. The molecule has 2 amide bonds. The van der Waals surface area contributed by atoms with Crippen LogP contribution in [0.3, 0.4) is 0 Å². The highest BCUT2D eigenvalue weighted by Gasteiger charge is 2.50. The molecule has 2 rings (SSSR count). The Balaban J connectivity index is 1.75. The molecule has 1 aromatic rings. The summed E-state index contributed by atoms with van der Waals surface area (Å²) in [5.74, 6) is 0.259. The standard InChI is InChI=1S/C12H12Cl4N2O/c13-8-1-2-10(9(14)5-8)18-11(19)17-4-3-7-6-12(7,15)16/h1-2,5,7H,3-4,6H2,(H2,17,18,19)/t7-/m0/s1. The van der Waals surface area contributed by atoms with Crippen molar-refractivity contribution < 1.29 is 4.79 Å². The fourth-order valence-corrected chi connectivity index (χ4v) is 2.75. The molecule has 7 heteroatoms. The van der Waals surface area contributed by atoms with Gasteiger partial charge in [0, 0.05) is 11.6 Å². The average Bonchev–Trinajstić information content (AvgIpc) is 2.90. The number of amides is 2. The van der Waals surface area contributed by atoms with Crippen LogP contribution in [0.25, 0.3) is 0 Å². The van der Waals surface area contributed by atoms with Gasteiger partial charge in [0.15, 0.2) is 0 Å². The highest BCUT2D eigenvalue weighted by Crippen LogP contribution is 2.54. The quantitative estimate of drug-likeness (QED) is 0.766. The van der Waals surface area contributed by atoms with Crippen molar-refractivity contribution in [2.75, 3.05) is 11.9 Å². The predicted molar refractivity (Wildman–Crippen MR) is 80.6 cm³/mol. The third-order valence-corrected chi connectivity index (χ3v) is 4.39. The van der Waals surface area contributed by atoms with E-state index in [1.807, 2.05) is 0 Å². The summed E-state index contributed by atoms with van der Waals surface area (Å²) in [5.41, 5.74) is 0.513. The summed E-state index contributed by atoms with van der Waals surface area (Å²) in [6.45, 7) is 0.517.